The number of benzene rings is 2. The second kappa shape index (κ2) is 10.8. The Morgan fingerprint density at radius 1 is 1.03 bits per heavy atom. The van der Waals surface area contributed by atoms with Gasteiger partial charge in [0.15, 0.2) is 7.98 Å². The number of rotatable bonds is 8. The van der Waals surface area contributed by atoms with Gasteiger partial charge in [0.05, 0.1) is 5.69 Å². The van der Waals surface area contributed by atoms with Gasteiger partial charge in [0.1, 0.15) is 5.82 Å². The summed E-state index contributed by atoms with van der Waals surface area (Å²) in [5.41, 5.74) is 3.94. The summed E-state index contributed by atoms with van der Waals surface area (Å²) in [6, 6.07) is 22.1. The molecular weight excluding hydrogens is 473 g/mol. The summed E-state index contributed by atoms with van der Waals surface area (Å²) < 4.78 is 1.73. The maximum absolute atomic E-state index is 13.0. The van der Waals surface area contributed by atoms with Gasteiger partial charge >= 0.3 is 0 Å². The van der Waals surface area contributed by atoms with Gasteiger partial charge in [-0.15, -0.1) is 0 Å². The normalized spacial score (nSPS) is 14.1. The quantitative estimate of drug-likeness (QED) is 0.352. The molecule has 2 aromatic carbocycles. The van der Waals surface area contributed by atoms with Crippen molar-refractivity contribution >= 4 is 25.7 Å². The molecule has 0 bridgehead atoms. The molecule has 0 amide bonds. The van der Waals surface area contributed by atoms with Crippen molar-refractivity contribution in [3.05, 3.63) is 94.4 Å². The highest BCUT2D eigenvalue weighted by molar-refractivity contribution is 6.04. The Labute approximate surface area is 224 Å². The van der Waals surface area contributed by atoms with E-state index in [2.05, 4.69) is 60.6 Å². The van der Waals surface area contributed by atoms with E-state index in [1.165, 1.54) is 11.1 Å². The smallest absolute Gasteiger partial charge is 0.255 e. The van der Waals surface area contributed by atoms with Crippen LogP contribution in [0.3, 0.4) is 0 Å². The summed E-state index contributed by atoms with van der Waals surface area (Å²) in [4.78, 5) is 29.2. The Morgan fingerprint density at radius 2 is 1.84 bits per heavy atom. The van der Waals surface area contributed by atoms with Crippen LogP contribution in [0.2, 0.25) is 0 Å². The highest BCUT2D eigenvalue weighted by Gasteiger charge is 2.24. The minimum absolute atomic E-state index is 0.0525. The summed E-state index contributed by atoms with van der Waals surface area (Å²) in [5.74, 6) is 1.89. The first-order chi connectivity index (χ1) is 18.3. The lowest BCUT2D eigenvalue weighted by Gasteiger charge is -2.30. The van der Waals surface area contributed by atoms with Crippen LogP contribution in [-0.4, -0.2) is 40.1 Å². The van der Waals surface area contributed by atoms with E-state index in [-0.39, 0.29) is 17.1 Å². The zero-order chi connectivity index (χ0) is 26.7. The van der Waals surface area contributed by atoms with E-state index >= 15 is 0 Å². The highest BCUT2D eigenvalue weighted by atomic mass is 16.1. The molecule has 0 saturated carbocycles. The molecule has 3 heterocycles. The second-order valence-electron chi connectivity index (χ2n) is 10.4. The fraction of sp³-hybridized carbons (Fsp3) is 0.310. The number of hydrogen-bond acceptors (Lipinski definition) is 7. The van der Waals surface area contributed by atoms with E-state index in [4.69, 9.17) is 9.97 Å². The van der Waals surface area contributed by atoms with Gasteiger partial charge in [0.25, 0.3) is 5.56 Å². The fourth-order valence-corrected chi connectivity index (χ4v) is 4.80. The zero-order valence-corrected chi connectivity index (χ0v) is 22.5. The van der Waals surface area contributed by atoms with Crippen LogP contribution in [-0.2, 0) is 18.5 Å². The van der Waals surface area contributed by atoms with Crippen molar-refractivity contribution in [1.82, 2.24) is 24.7 Å². The van der Waals surface area contributed by atoms with Crippen molar-refractivity contribution < 1.29 is 0 Å². The molecule has 0 fully saturated rings. The van der Waals surface area contributed by atoms with E-state index in [1.54, 1.807) is 16.8 Å². The molecule has 1 unspecified atom stereocenters. The standard InChI is InChI=1S/C29H34BN7O/c1-20(17-21-9-7-12-23(18-21)29(2,3)35-30)32-27-31-14-13-25(34-27)36-15-8-16-37-26(38)19-24(33-28(36)37)22-10-5-4-6-11-22/h4-7,9-14,18-20,35H,8,15-17,30H2,1-3H3,(H,31,32,34). The van der Waals surface area contributed by atoms with Crippen molar-refractivity contribution in [3.8, 4) is 11.3 Å². The predicted octanol–water partition coefficient (Wildman–Crippen LogP) is 3.66. The molecule has 8 nitrogen and oxygen atoms in total. The van der Waals surface area contributed by atoms with Crippen LogP contribution >= 0.6 is 0 Å². The topological polar surface area (TPSA) is 88.0 Å². The molecule has 0 aliphatic carbocycles. The Morgan fingerprint density at radius 3 is 2.63 bits per heavy atom. The minimum Gasteiger partial charge on any atom is -0.354 e. The molecule has 1 atom stereocenters. The van der Waals surface area contributed by atoms with Crippen LogP contribution in [0.25, 0.3) is 11.3 Å². The van der Waals surface area contributed by atoms with E-state index < -0.39 is 0 Å². The molecule has 2 N–H and O–H groups in total. The lowest BCUT2D eigenvalue weighted by Crippen LogP contribution is -2.36. The van der Waals surface area contributed by atoms with Crippen molar-refractivity contribution in [2.75, 3.05) is 16.8 Å². The van der Waals surface area contributed by atoms with E-state index in [0.717, 1.165) is 30.8 Å². The SMILES string of the molecule is BNC(C)(C)c1cccc(CC(C)Nc2nccc(N3CCCn4c3nc(-c3ccccc3)cc4=O)n2)c1. The summed E-state index contributed by atoms with van der Waals surface area (Å²) >= 11 is 0. The van der Waals surface area contributed by atoms with Gasteiger partial charge in [-0.25, -0.2) is 9.97 Å². The van der Waals surface area contributed by atoms with E-state index in [9.17, 15) is 4.79 Å². The van der Waals surface area contributed by atoms with Crippen LogP contribution < -0.4 is 21.0 Å². The Hall–Kier alpha value is -3.98. The first-order valence-corrected chi connectivity index (χ1v) is 13.2. The van der Waals surface area contributed by atoms with Crippen LogP contribution in [0, 0.1) is 0 Å². The molecular formula is C29H34BN7O. The largest absolute Gasteiger partial charge is 0.354 e. The molecule has 4 aromatic rings. The Balaban J connectivity index is 1.37. The highest BCUT2D eigenvalue weighted by Crippen LogP contribution is 2.28. The van der Waals surface area contributed by atoms with Gasteiger partial charge in [-0.1, -0.05) is 54.6 Å². The van der Waals surface area contributed by atoms with Crippen molar-refractivity contribution in [2.24, 2.45) is 0 Å². The number of nitrogens with one attached hydrogen (secondary N) is 2. The Kier molecular flexibility index (Phi) is 7.29. The average molecular weight is 507 g/mol. The van der Waals surface area contributed by atoms with Crippen LogP contribution in [0.1, 0.15) is 38.3 Å². The van der Waals surface area contributed by atoms with Crippen molar-refractivity contribution in [3.63, 3.8) is 0 Å². The lowest BCUT2D eigenvalue weighted by atomic mass is 9.90. The summed E-state index contributed by atoms with van der Waals surface area (Å²) in [6.07, 6.45) is 3.43. The van der Waals surface area contributed by atoms with Gasteiger partial charge in [-0.2, -0.15) is 4.98 Å². The van der Waals surface area contributed by atoms with Crippen molar-refractivity contribution in [1.29, 1.82) is 0 Å². The number of fused-ring (bicyclic) bond motifs is 1. The van der Waals surface area contributed by atoms with Gasteiger partial charge in [0.2, 0.25) is 11.9 Å². The van der Waals surface area contributed by atoms with Gasteiger partial charge in [0, 0.05) is 42.5 Å². The Bertz CT molecular complexity index is 1470. The maximum Gasteiger partial charge on any atom is 0.255 e. The zero-order valence-electron chi connectivity index (χ0n) is 22.5. The number of aromatic nitrogens is 4. The summed E-state index contributed by atoms with van der Waals surface area (Å²) in [7, 11) is 1.98. The molecule has 5 rings (SSSR count). The third-order valence-corrected chi connectivity index (χ3v) is 7.17. The van der Waals surface area contributed by atoms with E-state index in [0.29, 0.717) is 24.1 Å². The van der Waals surface area contributed by atoms with Crippen LogP contribution in [0.5, 0.6) is 0 Å². The average Bonchev–Trinajstić information content (AvgIpc) is 2.93. The molecule has 1 aliphatic rings. The first kappa shape index (κ1) is 25.7. The first-order valence-electron chi connectivity index (χ1n) is 13.2. The predicted molar refractivity (Wildman–Crippen MR) is 156 cm³/mol. The number of hydrogen-bond donors (Lipinski definition) is 2. The van der Waals surface area contributed by atoms with Crippen LogP contribution in [0.4, 0.5) is 17.7 Å². The summed E-state index contributed by atoms with van der Waals surface area (Å²) in [5, 5.41) is 6.83. The molecule has 1 aliphatic heterocycles. The second-order valence-corrected chi connectivity index (χ2v) is 10.4. The fourth-order valence-electron chi connectivity index (χ4n) is 4.80. The van der Waals surface area contributed by atoms with Crippen molar-refractivity contribution in [2.45, 2.75) is 51.7 Å². The van der Waals surface area contributed by atoms with Crippen LogP contribution in [0.15, 0.2) is 77.7 Å². The minimum atomic E-state index is -0.0920. The third-order valence-electron chi connectivity index (χ3n) is 7.17. The number of nitrogens with zero attached hydrogens (tertiary/aromatic N) is 5. The monoisotopic (exact) mass is 507 g/mol. The maximum atomic E-state index is 13.0. The van der Waals surface area contributed by atoms with Gasteiger partial charge in [-0.3, -0.25) is 14.3 Å². The van der Waals surface area contributed by atoms with Gasteiger partial charge < -0.3 is 10.5 Å². The molecule has 0 spiro atoms. The summed E-state index contributed by atoms with van der Waals surface area (Å²) in [6.45, 7) is 7.86. The molecule has 0 saturated heterocycles. The number of anilines is 3. The molecule has 0 radical (unpaired) electrons. The van der Waals surface area contributed by atoms with E-state index in [1.807, 2.05) is 49.3 Å². The lowest BCUT2D eigenvalue weighted by molar-refractivity contribution is 0.501. The van der Waals surface area contributed by atoms with Gasteiger partial charge in [-0.05, 0) is 50.8 Å². The molecule has 38 heavy (non-hydrogen) atoms. The third kappa shape index (κ3) is 5.48. The molecule has 9 heteroatoms. The molecule has 2 aromatic heterocycles. The molecule has 194 valence electrons.